The largest absolute Gasteiger partial charge is 0.465 e. The van der Waals surface area contributed by atoms with Crippen LogP contribution in [0.2, 0.25) is 0 Å². The number of amides is 1. The zero-order valence-electron chi connectivity index (χ0n) is 12.0. The zero-order chi connectivity index (χ0) is 15.1. The molecule has 2 N–H and O–H groups in total. The second-order valence-corrected chi connectivity index (χ2v) is 5.40. The van der Waals surface area contributed by atoms with E-state index in [2.05, 4.69) is 0 Å². The Bertz CT molecular complexity index is 453. The predicted molar refractivity (Wildman–Crippen MR) is 77.9 cm³/mol. The number of anilines is 1. The summed E-state index contributed by atoms with van der Waals surface area (Å²) >= 11 is 1.32. The SMILES string of the molecule is CCOC(=O)CN(CCOC)C(=O)c1cc(N)c(C)s1. The molecule has 0 aromatic carbocycles. The standard InChI is InChI=1S/C13H20N2O4S/c1-4-19-12(16)8-15(5-6-18-3)13(17)11-7-10(14)9(2)20-11/h7H,4-6,8,14H2,1-3H3. The monoisotopic (exact) mass is 300 g/mol. The van der Waals surface area contributed by atoms with E-state index in [4.69, 9.17) is 15.2 Å². The van der Waals surface area contributed by atoms with E-state index in [1.807, 2.05) is 6.92 Å². The predicted octanol–water partition coefficient (Wildman–Crippen LogP) is 1.29. The number of hydrogen-bond donors (Lipinski definition) is 1. The first-order valence-electron chi connectivity index (χ1n) is 6.29. The number of esters is 1. The van der Waals surface area contributed by atoms with Crippen LogP contribution in [0, 0.1) is 6.92 Å². The van der Waals surface area contributed by atoms with Crippen molar-refractivity contribution in [1.82, 2.24) is 4.90 Å². The average Bonchev–Trinajstić information content (AvgIpc) is 2.74. The molecule has 20 heavy (non-hydrogen) atoms. The summed E-state index contributed by atoms with van der Waals surface area (Å²) in [5.74, 6) is -0.668. The molecule has 0 atom stereocenters. The second-order valence-electron chi connectivity index (χ2n) is 4.15. The maximum Gasteiger partial charge on any atom is 0.325 e. The van der Waals surface area contributed by atoms with E-state index in [9.17, 15) is 9.59 Å². The van der Waals surface area contributed by atoms with Gasteiger partial charge in [0.1, 0.15) is 6.54 Å². The molecule has 112 valence electrons. The van der Waals surface area contributed by atoms with Crippen molar-refractivity contribution in [2.24, 2.45) is 0 Å². The lowest BCUT2D eigenvalue weighted by Gasteiger charge is -2.20. The molecule has 0 saturated carbocycles. The smallest absolute Gasteiger partial charge is 0.325 e. The maximum atomic E-state index is 12.4. The minimum absolute atomic E-state index is 0.0904. The van der Waals surface area contributed by atoms with Crippen LogP contribution in [0.5, 0.6) is 0 Å². The molecule has 0 aliphatic rings. The van der Waals surface area contributed by atoms with Crippen LogP contribution >= 0.6 is 11.3 Å². The van der Waals surface area contributed by atoms with E-state index in [1.54, 1.807) is 20.1 Å². The molecular formula is C13H20N2O4S. The second kappa shape index (κ2) is 7.86. The van der Waals surface area contributed by atoms with Crippen LogP contribution in [0.25, 0.3) is 0 Å². The third-order valence-electron chi connectivity index (χ3n) is 2.64. The summed E-state index contributed by atoms with van der Waals surface area (Å²) in [7, 11) is 1.54. The fraction of sp³-hybridized carbons (Fsp3) is 0.538. The molecule has 7 heteroatoms. The van der Waals surface area contributed by atoms with Gasteiger partial charge in [0.25, 0.3) is 5.91 Å². The molecule has 0 bridgehead atoms. The van der Waals surface area contributed by atoms with Crippen LogP contribution in [0.4, 0.5) is 5.69 Å². The van der Waals surface area contributed by atoms with Crippen molar-refractivity contribution in [3.63, 3.8) is 0 Å². The summed E-state index contributed by atoms with van der Waals surface area (Å²) in [6.07, 6.45) is 0. The topological polar surface area (TPSA) is 81.9 Å². The number of rotatable bonds is 7. The van der Waals surface area contributed by atoms with Crippen LogP contribution in [0.1, 0.15) is 21.5 Å². The van der Waals surface area contributed by atoms with Gasteiger partial charge in [-0.3, -0.25) is 9.59 Å². The number of aryl methyl sites for hydroxylation is 1. The van der Waals surface area contributed by atoms with Gasteiger partial charge in [-0.25, -0.2) is 0 Å². The van der Waals surface area contributed by atoms with Crippen LogP contribution < -0.4 is 5.73 Å². The number of hydrogen-bond acceptors (Lipinski definition) is 6. The third-order valence-corrected chi connectivity index (χ3v) is 3.70. The molecule has 0 fully saturated rings. The molecule has 0 spiro atoms. The molecule has 1 aromatic rings. The van der Waals surface area contributed by atoms with E-state index < -0.39 is 5.97 Å². The van der Waals surface area contributed by atoms with Gasteiger partial charge >= 0.3 is 5.97 Å². The molecule has 1 aromatic heterocycles. The fourth-order valence-electron chi connectivity index (χ4n) is 1.57. The molecule has 6 nitrogen and oxygen atoms in total. The highest BCUT2D eigenvalue weighted by Gasteiger charge is 2.21. The third kappa shape index (κ3) is 4.50. The number of thiophene rings is 1. The minimum Gasteiger partial charge on any atom is -0.465 e. The minimum atomic E-state index is -0.432. The molecule has 1 rings (SSSR count). The van der Waals surface area contributed by atoms with Gasteiger partial charge in [-0.15, -0.1) is 11.3 Å². The molecular weight excluding hydrogens is 280 g/mol. The summed E-state index contributed by atoms with van der Waals surface area (Å²) in [5.41, 5.74) is 6.34. The molecule has 0 aliphatic carbocycles. The average molecular weight is 300 g/mol. The normalized spacial score (nSPS) is 10.3. The highest BCUT2D eigenvalue weighted by molar-refractivity contribution is 7.14. The quantitative estimate of drug-likeness (QED) is 0.767. The van der Waals surface area contributed by atoms with Crippen molar-refractivity contribution in [2.45, 2.75) is 13.8 Å². The molecule has 0 radical (unpaired) electrons. The summed E-state index contributed by atoms with van der Waals surface area (Å²) in [4.78, 5) is 26.7. The first-order chi connectivity index (χ1) is 9.49. The Labute approximate surface area is 122 Å². The van der Waals surface area contributed by atoms with Gasteiger partial charge in [0.2, 0.25) is 0 Å². The lowest BCUT2D eigenvalue weighted by Crippen LogP contribution is -2.38. The Morgan fingerprint density at radius 3 is 2.65 bits per heavy atom. The Morgan fingerprint density at radius 2 is 2.15 bits per heavy atom. The highest BCUT2D eigenvalue weighted by atomic mass is 32.1. The number of nitrogen functional groups attached to an aromatic ring is 1. The van der Waals surface area contributed by atoms with Gasteiger partial charge in [-0.1, -0.05) is 0 Å². The summed E-state index contributed by atoms with van der Waals surface area (Å²) < 4.78 is 9.83. The van der Waals surface area contributed by atoms with Crippen molar-refractivity contribution in [1.29, 1.82) is 0 Å². The van der Waals surface area contributed by atoms with E-state index >= 15 is 0 Å². The van der Waals surface area contributed by atoms with Gasteiger partial charge in [-0.2, -0.15) is 0 Å². The molecule has 1 heterocycles. The van der Waals surface area contributed by atoms with Crippen LogP contribution in [0.15, 0.2) is 6.07 Å². The highest BCUT2D eigenvalue weighted by Crippen LogP contribution is 2.24. The van der Waals surface area contributed by atoms with Crippen LogP contribution in [0.3, 0.4) is 0 Å². The lowest BCUT2D eigenvalue weighted by atomic mass is 10.3. The van der Waals surface area contributed by atoms with Crippen molar-refractivity contribution in [2.75, 3.05) is 39.1 Å². The van der Waals surface area contributed by atoms with Crippen molar-refractivity contribution in [3.8, 4) is 0 Å². The van der Waals surface area contributed by atoms with E-state index in [1.165, 1.54) is 16.2 Å². The Kier molecular flexibility index (Phi) is 6.47. The van der Waals surface area contributed by atoms with Gasteiger partial charge < -0.3 is 20.1 Å². The number of nitrogens with two attached hydrogens (primary N) is 1. The van der Waals surface area contributed by atoms with Crippen molar-refractivity contribution < 1.29 is 19.1 Å². The van der Waals surface area contributed by atoms with Crippen LogP contribution in [-0.2, 0) is 14.3 Å². The molecule has 0 saturated heterocycles. The maximum absolute atomic E-state index is 12.4. The summed E-state index contributed by atoms with van der Waals surface area (Å²) in [6.45, 7) is 4.45. The number of carbonyl (C=O) groups excluding carboxylic acids is 2. The number of carbonyl (C=O) groups is 2. The van der Waals surface area contributed by atoms with Gasteiger partial charge in [0.15, 0.2) is 0 Å². The Hall–Kier alpha value is -1.60. The number of methoxy groups -OCH3 is 1. The van der Waals surface area contributed by atoms with E-state index in [0.29, 0.717) is 23.7 Å². The molecule has 0 aliphatic heterocycles. The van der Waals surface area contributed by atoms with Gasteiger partial charge in [-0.05, 0) is 19.9 Å². The van der Waals surface area contributed by atoms with Crippen molar-refractivity contribution >= 4 is 28.9 Å². The van der Waals surface area contributed by atoms with E-state index in [0.717, 1.165) is 4.88 Å². The van der Waals surface area contributed by atoms with Crippen molar-refractivity contribution in [3.05, 3.63) is 15.8 Å². The molecule has 1 amide bonds. The summed E-state index contributed by atoms with van der Waals surface area (Å²) in [6, 6.07) is 1.63. The number of ether oxygens (including phenoxy) is 2. The van der Waals surface area contributed by atoms with Gasteiger partial charge in [0.05, 0.1) is 18.1 Å². The Balaban J connectivity index is 2.80. The fourth-order valence-corrected chi connectivity index (χ4v) is 2.48. The molecule has 0 unspecified atom stereocenters. The van der Waals surface area contributed by atoms with Gasteiger partial charge in [0, 0.05) is 24.2 Å². The number of nitrogens with zero attached hydrogens (tertiary/aromatic N) is 1. The first-order valence-corrected chi connectivity index (χ1v) is 7.11. The zero-order valence-corrected chi connectivity index (χ0v) is 12.8. The van der Waals surface area contributed by atoms with E-state index in [-0.39, 0.29) is 19.1 Å². The Morgan fingerprint density at radius 1 is 1.45 bits per heavy atom. The lowest BCUT2D eigenvalue weighted by molar-refractivity contribution is -0.143. The van der Waals surface area contributed by atoms with Crippen LogP contribution in [-0.4, -0.2) is 50.2 Å². The summed E-state index contributed by atoms with van der Waals surface area (Å²) in [5, 5.41) is 0. The first kappa shape index (κ1) is 16.5.